The van der Waals surface area contributed by atoms with Crippen molar-refractivity contribution in [3.8, 4) is 0 Å². The Morgan fingerprint density at radius 2 is 2.10 bits per heavy atom. The molecule has 0 atom stereocenters. The number of hydrogen-bond donors (Lipinski definition) is 3. The number of fused-ring (bicyclic) bond motifs is 1. The molecule has 0 aliphatic rings. The normalized spacial score (nSPS) is 10.3. The third-order valence-corrected chi connectivity index (χ3v) is 2.93. The third kappa shape index (κ3) is 3.09. The van der Waals surface area contributed by atoms with Crippen molar-refractivity contribution in [3.63, 3.8) is 0 Å². The Labute approximate surface area is 118 Å². The number of pyridine rings is 1. The number of anilines is 2. The topological polar surface area (TPSA) is 83.3 Å². The predicted molar refractivity (Wildman–Crippen MR) is 81.7 cm³/mol. The zero-order valence-corrected chi connectivity index (χ0v) is 11.7. The molecule has 0 saturated carbocycles. The number of nitrogen functional groups attached to an aromatic ring is 1. The maximum Gasteiger partial charge on any atom is 0.316 e. The van der Waals surface area contributed by atoms with Gasteiger partial charge in [0.1, 0.15) is 0 Å². The number of para-hydroxylation sites is 1. The molecule has 0 spiro atoms. The van der Waals surface area contributed by atoms with Crippen molar-refractivity contribution in [2.45, 2.75) is 0 Å². The van der Waals surface area contributed by atoms with E-state index >= 15 is 0 Å². The van der Waals surface area contributed by atoms with Crippen LogP contribution >= 0.6 is 0 Å². The van der Waals surface area contributed by atoms with Gasteiger partial charge < -0.3 is 21.3 Å². The second kappa shape index (κ2) is 6.10. The van der Waals surface area contributed by atoms with Gasteiger partial charge in [-0.3, -0.25) is 4.98 Å². The molecular weight excluding hydrogens is 254 g/mol. The van der Waals surface area contributed by atoms with Gasteiger partial charge in [-0.1, -0.05) is 12.1 Å². The van der Waals surface area contributed by atoms with Crippen molar-refractivity contribution in [2.75, 3.05) is 38.2 Å². The Kier molecular flexibility index (Phi) is 4.24. The molecule has 20 heavy (non-hydrogen) atoms. The van der Waals surface area contributed by atoms with E-state index in [4.69, 9.17) is 5.73 Å². The first-order valence-electron chi connectivity index (χ1n) is 6.42. The number of hydrogen-bond acceptors (Lipinski definition) is 4. The number of nitrogens with zero attached hydrogens (tertiary/aromatic N) is 2. The fourth-order valence-corrected chi connectivity index (χ4v) is 1.88. The smallest absolute Gasteiger partial charge is 0.316 e. The van der Waals surface area contributed by atoms with Crippen LogP contribution in [0, 0.1) is 0 Å². The van der Waals surface area contributed by atoms with Crippen molar-refractivity contribution < 1.29 is 4.79 Å². The summed E-state index contributed by atoms with van der Waals surface area (Å²) in [7, 11) is 3.42. The molecule has 0 aliphatic heterocycles. The van der Waals surface area contributed by atoms with Crippen LogP contribution in [-0.4, -0.2) is 43.1 Å². The van der Waals surface area contributed by atoms with Crippen molar-refractivity contribution in [1.82, 2.24) is 15.2 Å². The second-order valence-electron chi connectivity index (χ2n) is 4.66. The van der Waals surface area contributed by atoms with Crippen LogP contribution in [0.3, 0.4) is 0 Å². The number of rotatable bonds is 4. The summed E-state index contributed by atoms with van der Waals surface area (Å²) in [5, 5.41) is 7.05. The molecule has 6 nitrogen and oxygen atoms in total. The molecule has 0 radical (unpaired) electrons. The average Bonchev–Trinajstić information content (AvgIpc) is 2.44. The fraction of sp³-hybridized carbons (Fsp3) is 0.286. The zero-order chi connectivity index (χ0) is 14.5. The lowest BCUT2D eigenvalue weighted by Crippen LogP contribution is -2.37. The van der Waals surface area contributed by atoms with Gasteiger partial charge in [-0.05, 0) is 12.1 Å². The number of aromatic nitrogens is 1. The standard InChI is InChI=1S/C14H19N5O/c1-19(2)14(20)18-9-8-16-12-6-7-17-13-10(12)4-3-5-11(13)15/h3-7H,8-9,15H2,1-2H3,(H,16,17)(H,18,20). The van der Waals surface area contributed by atoms with Gasteiger partial charge in [0.25, 0.3) is 0 Å². The zero-order valence-electron chi connectivity index (χ0n) is 11.7. The van der Waals surface area contributed by atoms with Crippen molar-refractivity contribution >= 4 is 28.3 Å². The minimum atomic E-state index is -0.101. The SMILES string of the molecule is CN(C)C(=O)NCCNc1ccnc2c(N)cccc12. The number of urea groups is 1. The van der Waals surface area contributed by atoms with E-state index in [1.54, 1.807) is 20.3 Å². The summed E-state index contributed by atoms with van der Waals surface area (Å²) in [5.74, 6) is 0. The molecule has 0 saturated heterocycles. The van der Waals surface area contributed by atoms with E-state index in [0.717, 1.165) is 16.6 Å². The highest BCUT2D eigenvalue weighted by molar-refractivity contribution is 5.97. The third-order valence-electron chi connectivity index (χ3n) is 2.93. The summed E-state index contributed by atoms with van der Waals surface area (Å²) in [6.07, 6.45) is 1.72. The molecule has 1 aromatic carbocycles. The molecule has 1 aromatic heterocycles. The van der Waals surface area contributed by atoms with Gasteiger partial charge in [0.15, 0.2) is 0 Å². The van der Waals surface area contributed by atoms with Crippen LogP contribution in [0.2, 0.25) is 0 Å². The predicted octanol–water partition coefficient (Wildman–Crippen LogP) is 1.50. The quantitative estimate of drug-likeness (QED) is 0.582. The number of nitrogens with one attached hydrogen (secondary N) is 2. The van der Waals surface area contributed by atoms with Crippen molar-refractivity contribution in [2.24, 2.45) is 0 Å². The monoisotopic (exact) mass is 273 g/mol. The van der Waals surface area contributed by atoms with E-state index in [2.05, 4.69) is 15.6 Å². The number of carbonyl (C=O) groups is 1. The van der Waals surface area contributed by atoms with E-state index in [-0.39, 0.29) is 6.03 Å². The molecule has 4 N–H and O–H groups in total. The molecule has 0 fully saturated rings. The molecule has 0 bridgehead atoms. The lowest BCUT2D eigenvalue weighted by molar-refractivity contribution is 0.218. The van der Waals surface area contributed by atoms with Gasteiger partial charge in [0.05, 0.1) is 11.2 Å². The molecule has 2 amide bonds. The lowest BCUT2D eigenvalue weighted by atomic mass is 10.1. The number of nitrogens with two attached hydrogens (primary N) is 1. The first-order chi connectivity index (χ1) is 9.59. The van der Waals surface area contributed by atoms with E-state index in [0.29, 0.717) is 18.8 Å². The summed E-state index contributed by atoms with van der Waals surface area (Å²) in [5.41, 5.74) is 8.31. The summed E-state index contributed by atoms with van der Waals surface area (Å²) in [4.78, 5) is 17.2. The largest absolute Gasteiger partial charge is 0.397 e. The maximum absolute atomic E-state index is 11.4. The van der Waals surface area contributed by atoms with E-state index in [9.17, 15) is 4.79 Å². The van der Waals surface area contributed by atoms with Gasteiger partial charge >= 0.3 is 6.03 Å². The number of carbonyl (C=O) groups excluding carboxylic acids is 1. The summed E-state index contributed by atoms with van der Waals surface area (Å²) < 4.78 is 0. The van der Waals surface area contributed by atoms with E-state index in [1.165, 1.54) is 4.90 Å². The molecule has 6 heteroatoms. The Balaban J connectivity index is 2.00. The fourth-order valence-electron chi connectivity index (χ4n) is 1.88. The van der Waals surface area contributed by atoms with Crippen molar-refractivity contribution in [1.29, 1.82) is 0 Å². The van der Waals surface area contributed by atoms with Crippen LogP contribution in [0.4, 0.5) is 16.2 Å². The van der Waals surface area contributed by atoms with Crippen LogP contribution in [0.15, 0.2) is 30.5 Å². The number of amides is 2. The van der Waals surface area contributed by atoms with Gasteiger partial charge in [-0.15, -0.1) is 0 Å². The lowest BCUT2D eigenvalue weighted by Gasteiger charge is -2.13. The Bertz CT molecular complexity index is 612. The van der Waals surface area contributed by atoms with Crippen LogP contribution in [-0.2, 0) is 0 Å². The molecule has 2 rings (SSSR count). The van der Waals surface area contributed by atoms with Crippen LogP contribution in [0.1, 0.15) is 0 Å². The Morgan fingerprint density at radius 3 is 2.85 bits per heavy atom. The molecule has 0 aliphatic carbocycles. The highest BCUT2D eigenvalue weighted by atomic mass is 16.2. The van der Waals surface area contributed by atoms with Crippen LogP contribution < -0.4 is 16.4 Å². The highest BCUT2D eigenvalue weighted by Gasteiger charge is 2.04. The van der Waals surface area contributed by atoms with E-state index in [1.807, 2.05) is 24.3 Å². The highest BCUT2D eigenvalue weighted by Crippen LogP contribution is 2.24. The van der Waals surface area contributed by atoms with Crippen LogP contribution in [0.5, 0.6) is 0 Å². The summed E-state index contributed by atoms with van der Waals surface area (Å²) in [6, 6.07) is 7.50. The van der Waals surface area contributed by atoms with Gasteiger partial charge in [0, 0.05) is 44.5 Å². The molecule has 0 unspecified atom stereocenters. The molecule has 106 valence electrons. The van der Waals surface area contributed by atoms with Crippen LogP contribution in [0.25, 0.3) is 10.9 Å². The van der Waals surface area contributed by atoms with Gasteiger partial charge in [0.2, 0.25) is 0 Å². The van der Waals surface area contributed by atoms with Gasteiger partial charge in [-0.2, -0.15) is 0 Å². The summed E-state index contributed by atoms with van der Waals surface area (Å²) >= 11 is 0. The van der Waals surface area contributed by atoms with Gasteiger partial charge in [-0.25, -0.2) is 4.79 Å². The minimum Gasteiger partial charge on any atom is -0.397 e. The molecule has 1 heterocycles. The number of benzene rings is 1. The molecule has 2 aromatic rings. The summed E-state index contributed by atoms with van der Waals surface area (Å²) in [6.45, 7) is 1.18. The second-order valence-corrected chi connectivity index (χ2v) is 4.66. The Morgan fingerprint density at radius 1 is 1.30 bits per heavy atom. The first-order valence-corrected chi connectivity index (χ1v) is 6.42. The average molecular weight is 273 g/mol. The van der Waals surface area contributed by atoms with Crippen molar-refractivity contribution in [3.05, 3.63) is 30.5 Å². The maximum atomic E-state index is 11.4. The molecular formula is C14H19N5O. The minimum absolute atomic E-state index is 0.101. The van der Waals surface area contributed by atoms with E-state index < -0.39 is 0 Å². The first kappa shape index (κ1) is 13.9. The Hall–Kier alpha value is -2.50.